The summed E-state index contributed by atoms with van der Waals surface area (Å²) < 4.78 is 1.15. The third-order valence-electron chi connectivity index (χ3n) is 4.27. The zero-order valence-corrected chi connectivity index (χ0v) is 14.8. The molecule has 0 aliphatic carbocycles. The van der Waals surface area contributed by atoms with Crippen LogP contribution in [0.1, 0.15) is 15.9 Å². The Balaban J connectivity index is 1.67. The monoisotopic (exact) mass is 338 g/mol. The second-order valence-corrected chi connectivity index (χ2v) is 7.07. The first-order valence-corrected chi connectivity index (χ1v) is 8.98. The summed E-state index contributed by atoms with van der Waals surface area (Å²) in [5.74, 6) is 0.00682. The maximum Gasteiger partial charge on any atom is 0.252 e. The van der Waals surface area contributed by atoms with Crippen LogP contribution in [0.5, 0.6) is 0 Å². The summed E-state index contributed by atoms with van der Waals surface area (Å²) in [5, 5.41) is 6.08. The quantitative estimate of drug-likeness (QED) is 0.741. The number of hydrogen-bond donors (Lipinski definition) is 1. The van der Waals surface area contributed by atoms with Crippen molar-refractivity contribution in [2.24, 2.45) is 0 Å². The molecule has 0 fully saturated rings. The molecule has 1 amide bonds. The van der Waals surface area contributed by atoms with Crippen LogP contribution >= 0.6 is 11.3 Å². The van der Waals surface area contributed by atoms with Crippen LogP contribution < -0.4 is 5.32 Å². The summed E-state index contributed by atoms with van der Waals surface area (Å²) in [6, 6.07) is 18.7. The van der Waals surface area contributed by atoms with E-state index in [1.807, 2.05) is 29.6 Å². The van der Waals surface area contributed by atoms with Gasteiger partial charge in [-0.3, -0.25) is 4.79 Å². The molecule has 0 aliphatic rings. The number of fused-ring (bicyclic) bond motifs is 1. The van der Waals surface area contributed by atoms with Gasteiger partial charge in [-0.15, -0.1) is 11.3 Å². The van der Waals surface area contributed by atoms with Gasteiger partial charge in [0, 0.05) is 28.1 Å². The average Bonchev–Trinajstić information content (AvgIpc) is 3.03. The number of likely N-dealkylation sites (N-methyl/N-ethyl adjacent to an activating group) is 1. The highest BCUT2D eigenvalue weighted by atomic mass is 32.1. The molecule has 0 spiro atoms. The maximum atomic E-state index is 12.6. The third kappa shape index (κ3) is 3.83. The number of thiophene rings is 1. The van der Waals surface area contributed by atoms with E-state index in [0.29, 0.717) is 6.54 Å². The minimum Gasteiger partial charge on any atom is -0.350 e. The predicted octanol–water partition coefficient (Wildman–Crippen LogP) is 3.80. The highest BCUT2D eigenvalue weighted by Gasteiger charge is 2.16. The van der Waals surface area contributed by atoms with E-state index in [1.165, 1.54) is 5.56 Å². The van der Waals surface area contributed by atoms with Crippen LogP contribution in [0.15, 0.2) is 60.0 Å². The Kier molecular flexibility index (Phi) is 5.28. The number of benzene rings is 2. The fraction of sp³-hybridized carbons (Fsp3) is 0.250. The van der Waals surface area contributed by atoms with Gasteiger partial charge >= 0.3 is 0 Å². The van der Waals surface area contributed by atoms with E-state index in [0.717, 1.165) is 22.1 Å². The van der Waals surface area contributed by atoms with Crippen molar-refractivity contribution in [3.05, 3.63) is 71.1 Å². The molecule has 0 bridgehead atoms. The summed E-state index contributed by atoms with van der Waals surface area (Å²) in [6.07, 6.45) is 0.915. The lowest BCUT2D eigenvalue weighted by Crippen LogP contribution is -2.41. The molecule has 1 unspecified atom stereocenters. The van der Waals surface area contributed by atoms with Crippen molar-refractivity contribution >= 4 is 27.3 Å². The molecule has 3 nitrogen and oxygen atoms in total. The number of rotatable bonds is 6. The molecule has 1 aromatic heterocycles. The van der Waals surface area contributed by atoms with Crippen LogP contribution in [0.25, 0.3) is 10.1 Å². The van der Waals surface area contributed by atoms with Gasteiger partial charge < -0.3 is 10.2 Å². The first kappa shape index (κ1) is 16.7. The van der Waals surface area contributed by atoms with Crippen molar-refractivity contribution in [2.45, 2.75) is 12.5 Å². The molecule has 0 saturated heterocycles. The zero-order valence-electron chi connectivity index (χ0n) is 14.0. The van der Waals surface area contributed by atoms with Crippen LogP contribution in [0.4, 0.5) is 0 Å². The maximum absolute atomic E-state index is 12.6. The summed E-state index contributed by atoms with van der Waals surface area (Å²) in [5.41, 5.74) is 2.05. The van der Waals surface area contributed by atoms with E-state index < -0.39 is 0 Å². The highest BCUT2D eigenvalue weighted by molar-refractivity contribution is 7.17. The Morgan fingerprint density at radius 1 is 1.08 bits per heavy atom. The van der Waals surface area contributed by atoms with Crippen molar-refractivity contribution in [1.82, 2.24) is 10.2 Å². The van der Waals surface area contributed by atoms with E-state index in [4.69, 9.17) is 0 Å². The molecule has 1 atom stereocenters. The molecule has 1 heterocycles. The number of hydrogen-bond acceptors (Lipinski definition) is 3. The van der Waals surface area contributed by atoms with Gasteiger partial charge in [0.1, 0.15) is 0 Å². The van der Waals surface area contributed by atoms with Crippen molar-refractivity contribution in [1.29, 1.82) is 0 Å². The van der Waals surface area contributed by atoms with Gasteiger partial charge in [-0.2, -0.15) is 0 Å². The normalized spacial score (nSPS) is 12.5. The molecule has 3 rings (SSSR count). The molecule has 2 aromatic carbocycles. The van der Waals surface area contributed by atoms with E-state index in [-0.39, 0.29) is 11.9 Å². The molecule has 0 aliphatic heterocycles. The summed E-state index contributed by atoms with van der Waals surface area (Å²) in [7, 11) is 4.11. The lowest BCUT2D eigenvalue weighted by atomic mass is 10.0. The molecule has 1 N–H and O–H groups in total. The predicted molar refractivity (Wildman–Crippen MR) is 102 cm³/mol. The largest absolute Gasteiger partial charge is 0.350 e. The lowest BCUT2D eigenvalue weighted by Gasteiger charge is -2.24. The molecule has 4 heteroatoms. The molecule has 0 radical (unpaired) electrons. The third-order valence-corrected chi connectivity index (χ3v) is 5.23. The smallest absolute Gasteiger partial charge is 0.252 e. The molecule has 0 saturated carbocycles. The Labute approximate surface area is 146 Å². The molecule has 24 heavy (non-hydrogen) atoms. The number of amides is 1. The fourth-order valence-corrected chi connectivity index (χ4v) is 3.72. The Morgan fingerprint density at radius 3 is 2.54 bits per heavy atom. The Bertz CT molecular complexity index is 811. The Hall–Kier alpha value is -2.17. The summed E-state index contributed by atoms with van der Waals surface area (Å²) >= 11 is 1.61. The van der Waals surface area contributed by atoms with E-state index in [2.05, 4.69) is 54.6 Å². The van der Waals surface area contributed by atoms with Crippen LogP contribution in [0, 0.1) is 0 Å². The molecule has 124 valence electrons. The second-order valence-electron chi connectivity index (χ2n) is 6.16. The molecular formula is C20H22N2OS. The van der Waals surface area contributed by atoms with Crippen molar-refractivity contribution < 1.29 is 4.79 Å². The topological polar surface area (TPSA) is 32.3 Å². The van der Waals surface area contributed by atoms with Crippen LogP contribution in [0.2, 0.25) is 0 Å². The summed E-state index contributed by atoms with van der Waals surface area (Å²) in [4.78, 5) is 14.7. The second kappa shape index (κ2) is 7.60. The van der Waals surface area contributed by atoms with Gasteiger partial charge in [-0.25, -0.2) is 0 Å². The fourth-order valence-electron chi connectivity index (χ4n) is 2.78. The van der Waals surface area contributed by atoms with E-state index >= 15 is 0 Å². The minimum absolute atomic E-state index is 0.00682. The van der Waals surface area contributed by atoms with Gasteiger partial charge in [-0.1, -0.05) is 48.5 Å². The highest BCUT2D eigenvalue weighted by Crippen LogP contribution is 2.25. The van der Waals surface area contributed by atoms with Crippen LogP contribution in [-0.2, 0) is 6.42 Å². The van der Waals surface area contributed by atoms with Gasteiger partial charge in [0.2, 0.25) is 0 Å². The van der Waals surface area contributed by atoms with E-state index in [9.17, 15) is 4.79 Å². The SMILES string of the molecule is CN(C)C(CNC(=O)c1csc2ccccc12)Cc1ccccc1. The van der Waals surface area contributed by atoms with Crippen LogP contribution in [0.3, 0.4) is 0 Å². The van der Waals surface area contributed by atoms with E-state index in [1.54, 1.807) is 11.3 Å². The number of nitrogens with zero attached hydrogens (tertiary/aromatic N) is 1. The minimum atomic E-state index is 0.00682. The zero-order chi connectivity index (χ0) is 16.9. The number of carbonyl (C=O) groups is 1. The first-order valence-electron chi connectivity index (χ1n) is 8.10. The van der Waals surface area contributed by atoms with Gasteiger partial charge in [0.15, 0.2) is 0 Å². The van der Waals surface area contributed by atoms with Gasteiger partial charge in [0.25, 0.3) is 5.91 Å². The van der Waals surface area contributed by atoms with Crippen LogP contribution in [-0.4, -0.2) is 37.5 Å². The standard InChI is InChI=1S/C20H22N2OS/c1-22(2)16(12-15-8-4-3-5-9-15)13-21-20(23)18-14-24-19-11-7-6-10-17(18)19/h3-11,14,16H,12-13H2,1-2H3,(H,21,23). The van der Waals surface area contributed by atoms with Gasteiger partial charge in [-0.05, 0) is 32.1 Å². The van der Waals surface area contributed by atoms with Gasteiger partial charge in [0.05, 0.1) is 5.56 Å². The molecular weight excluding hydrogens is 316 g/mol. The van der Waals surface area contributed by atoms with Crippen molar-refractivity contribution in [3.8, 4) is 0 Å². The first-order chi connectivity index (χ1) is 11.6. The van der Waals surface area contributed by atoms with Crippen molar-refractivity contribution in [3.63, 3.8) is 0 Å². The lowest BCUT2D eigenvalue weighted by molar-refractivity contribution is 0.0943. The molecule has 3 aromatic rings. The Morgan fingerprint density at radius 2 is 1.79 bits per heavy atom. The summed E-state index contributed by atoms with van der Waals surface area (Å²) in [6.45, 7) is 0.630. The van der Waals surface area contributed by atoms with Crippen molar-refractivity contribution in [2.75, 3.05) is 20.6 Å². The number of carbonyl (C=O) groups excluding carboxylic acids is 1. The number of nitrogens with one attached hydrogen (secondary N) is 1. The average molecular weight is 338 g/mol.